The van der Waals surface area contributed by atoms with Gasteiger partial charge in [-0.3, -0.25) is 19.7 Å². The van der Waals surface area contributed by atoms with Crippen LogP contribution in [0.25, 0.3) is 11.3 Å². The second kappa shape index (κ2) is 12.1. The Morgan fingerprint density at radius 1 is 1.08 bits per heavy atom. The zero-order chi connectivity index (χ0) is 26.3. The maximum atomic E-state index is 13.1. The number of thiazole rings is 1. The van der Waals surface area contributed by atoms with Crippen LogP contribution in [0.4, 0.5) is 10.8 Å². The maximum Gasteiger partial charge on any atom is 0.270 e. The Labute approximate surface area is 211 Å². The van der Waals surface area contributed by atoms with E-state index in [1.54, 1.807) is 11.0 Å². The lowest BCUT2D eigenvalue weighted by Crippen LogP contribution is -2.29. The third-order valence-electron chi connectivity index (χ3n) is 5.11. The van der Waals surface area contributed by atoms with Gasteiger partial charge in [-0.25, -0.2) is 13.4 Å². The van der Waals surface area contributed by atoms with Gasteiger partial charge in [-0.1, -0.05) is 23.5 Å². The normalized spacial score (nSPS) is 11.5. The number of aliphatic hydroxyl groups excluding tert-OH is 2. The van der Waals surface area contributed by atoms with Crippen LogP contribution >= 0.6 is 11.3 Å². The van der Waals surface area contributed by atoms with Crippen LogP contribution in [0.5, 0.6) is 11.5 Å². The average molecular weight is 539 g/mol. The summed E-state index contributed by atoms with van der Waals surface area (Å²) < 4.78 is 39.0. The molecule has 0 atom stereocenters. The number of ether oxygens (including phenoxy) is 2. The van der Waals surface area contributed by atoms with E-state index in [1.807, 2.05) is 0 Å². The van der Waals surface area contributed by atoms with Crippen LogP contribution in [0, 0.1) is 10.1 Å². The van der Waals surface area contributed by atoms with Crippen molar-refractivity contribution in [3.05, 3.63) is 57.5 Å². The zero-order valence-electron chi connectivity index (χ0n) is 19.6. The maximum absolute atomic E-state index is 13.1. The number of rotatable bonds is 13. The van der Waals surface area contributed by atoms with E-state index in [0.29, 0.717) is 21.9 Å². The lowest BCUT2D eigenvalue weighted by molar-refractivity contribution is -0.384. The van der Waals surface area contributed by atoms with Crippen LogP contribution in [-0.2, 0) is 16.6 Å². The molecule has 12 nitrogen and oxygen atoms in total. The molecule has 0 aliphatic rings. The van der Waals surface area contributed by atoms with Gasteiger partial charge in [-0.05, 0) is 12.1 Å². The van der Waals surface area contributed by atoms with Crippen molar-refractivity contribution in [1.82, 2.24) is 9.88 Å². The lowest BCUT2D eigenvalue weighted by atomic mass is 10.1. The summed E-state index contributed by atoms with van der Waals surface area (Å²) in [6, 6.07) is 10.0. The summed E-state index contributed by atoms with van der Waals surface area (Å²) in [5.74, 6) is 0.606. The Balaban J connectivity index is 2.02. The van der Waals surface area contributed by atoms with Crippen molar-refractivity contribution < 1.29 is 33.0 Å². The van der Waals surface area contributed by atoms with Crippen molar-refractivity contribution in [3.63, 3.8) is 0 Å². The smallest absolute Gasteiger partial charge is 0.270 e. The van der Waals surface area contributed by atoms with Crippen LogP contribution in [-0.4, -0.2) is 74.0 Å². The molecular formula is C22H26N4O8S2. The fourth-order valence-electron chi connectivity index (χ4n) is 3.41. The van der Waals surface area contributed by atoms with Crippen molar-refractivity contribution in [1.29, 1.82) is 0 Å². The number of non-ortho nitro benzene ring substituents is 1. The molecule has 1 heterocycles. The number of nitro groups is 1. The average Bonchev–Trinajstić information content (AvgIpc) is 3.25. The highest BCUT2D eigenvalue weighted by Crippen LogP contribution is 2.35. The molecule has 1 aromatic heterocycles. The standard InChI is InChI=1S/C22H26N4O8S2/c1-33-18-7-6-17(13-19(18)34-2)36(31,32)24-22-23-21(15-4-3-5-16(12-15)26(29)30)20(35-22)14-25(8-10-27)9-11-28/h3-7,12-13,27-28H,8-11,14H2,1-2H3,(H,23,24). The summed E-state index contributed by atoms with van der Waals surface area (Å²) >= 11 is 1.06. The first kappa shape index (κ1) is 27.3. The number of methoxy groups -OCH3 is 2. The van der Waals surface area contributed by atoms with Crippen LogP contribution in [0.15, 0.2) is 47.4 Å². The molecule has 0 saturated carbocycles. The van der Waals surface area contributed by atoms with Crippen LogP contribution in [0.1, 0.15) is 4.88 Å². The van der Waals surface area contributed by atoms with Gasteiger partial charge in [0, 0.05) is 48.3 Å². The first-order chi connectivity index (χ1) is 17.2. The van der Waals surface area contributed by atoms with Crippen molar-refractivity contribution in [2.75, 3.05) is 45.2 Å². The largest absolute Gasteiger partial charge is 0.493 e. The topological polar surface area (TPSA) is 164 Å². The molecule has 3 aromatic rings. The van der Waals surface area contributed by atoms with E-state index in [4.69, 9.17) is 9.47 Å². The van der Waals surface area contributed by atoms with Gasteiger partial charge in [0.1, 0.15) is 0 Å². The summed E-state index contributed by atoms with van der Waals surface area (Å²) in [5, 5.41) is 30.1. The molecule has 3 N–H and O–H groups in total. The number of sulfonamides is 1. The predicted molar refractivity (Wildman–Crippen MR) is 134 cm³/mol. The molecular weight excluding hydrogens is 512 g/mol. The fraction of sp³-hybridized carbons (Fsp3) is 0.318. The van der Waals surface area contributed by atoms with Crippen molar-refractivity contribution in [2.45, 2.75) is 11.4 Å². The van der Waals surface area contributed by atoms with E-state index < -0.39 is 14.9 Å². The number of aliphatic hydroxyl groups is 2. The number of nitro benzene ring substituents is 1. The first-order valence-electron chi connectivity index (χ1n) is 10.7. The van der Waals surface area contributed by atoms with Gasteiger partial charge in [-0.2, -0.15) is 0 Å². The molecule has 0 spiro atoms. The summed E-state index contributed by atoms with van der Waals surface area (Å²) in [5.41, 5.74) is 0.649. The van der Waals surface area contributed by atoms with E-state index in [0.717, 1.165) is 11.3 Å². The monoisotopic (exact) mass is 538 g/mol. The third-order valence-corrected chi connectivity index (χ3v) is 7.54. The Hall–Kier alpha value is -3.30. The second-order valence-corrected chi connectivity index (χ2v) is 10.2. The van der Waals surface area contributed by atoms with Crippen molar-refractivity contribution in [2.24, 2.45) is 0 Å². The number of hydrogen-bond acceptors (Lipinski definition) is 11. The summed E-state index contributed by atoms with van der Waals surface area (Å²) in [7, 11) is -1.23. The molecule has 0 bridgehead atoms. The fourth-order valence-corrected chi connectivity index (χ4v) is 5.68. The van der Waals surface area contributed by atoms with Crippen LogP contribution in [0.2, 0.25) is 0 Å². The molecule has 0 radical (unpaired) electrons. The van der Waals surface area contributed by atoms with Crippen molar-refractivity contribution >= 4 is 32.2 Å². The summed E-state index contributed by atoms with van der Waals surface area (Å²) in [4.78, 5) is 17.5. The predicted octanol–water partition coefficient (Wildman–Crippen LogP) is 2.32. The van der Waals surface area contributed by atoms with Gasteiger partial charge in [0.15, 0.2) is 16.6 Å². The van der Waals surface area contributed by atoms with Gasteiger partial charge in [-0.15, -0.1) is 0 Å². The zero-order valence-corrected chi connectivity index (χ0v) is 21.2. The number of nitrogens with zero attached hydrogens (tertiary/aromatic N) is 3. The molecule has 0 aliphatic carbocycles. The molecule has 0 aliphatic heterocycles. The molecule has 2 aromatic carbocycles. The Bertz CT molecular complexity index is 1310. The number of benzene rings is 2. The quantitative estimate of drug-likeness (QED) is 0.217. The third kappa shape index (κ3) is 6.47. The first-order valence-corrected chi connectivity index (χ1v) is 13.0. The Morgan fingerprint density at radius 3 is 2.39 bits per heavy atom. The highest BCUT2D eigenvalue weighted by Gasteiger charge is 2.23. The molecule has 0 fully saturated rings. The minimum Gasteiger partial charge on any atom is -0.493 e. The van der Waals surface area contributed by atoms with E-state index >= 15 is 0 Å². The van der Waals surface area contributed by atoms with Gasteiger partial charge in [0.05, 0.1) is 42.9 Å². The van der Waals surface area contributed by atoms with Crippen LogP contribution < -0.4 is 14.2 Å². The molecule has 0 unspecified atom stereocenters. The van der Waals surface area contributed by atoms with E-state index in [2.05, 4.69) is 9.71 Å². The molecule has 0 saturated heterocycles. The van der Waals surface area contributed by atoms with Gasteiger partial charge < -0.3 is 19.7 Å². The number of aromatic nitrogens is 1. The van der Waals surface area contributed by atoms with Gasteiger partial charge >= 0.3 is 0 Å². The lowest BCUT2D eigenvalue weighted by Gasteiger charge is -2.19. The molecule has 194 valence electrons. The van der Waals surface area contributed by atoms with E-state index in [1.165, 1.54) is 50.6 Å². The second-order valence-electron chi connectivity index (χ2n) is 7.44. The van der Waals surface area contributed by atoms with Gasteiger partial charge in [0.2, 0.25) is 0 Å². The highest BCUT2D eigenvalue weighted by molar-refractivity contribution is 7.93. The van der Waals surface area contributed by atoms with E-state index in [-0.39, 0.29) is 54.3 Å². The van der Waals surface area contributed by atoms with Gasteiger partial charge in [0.25, 0.3) is 15.7 Å². The SMILES string of the molecule is COc1ccc(S(=O)(=O)Nc2nc(-c3cccc([N+](=O)[O-])c3)c(CN(CCO)CCO)s2)cc1OC. The number of anilines is 1. The van der Waals surface area contributed by atoms with E-state index in [9.17, 15) is 28.7 Å². The number of nitrogens with one attached hydrogen (secondary N) is 1. The molecule has 3 rings (SSSR count). The van der Waals surface area contributed by atoms with Crippen molar-refractivity contribution in [3.8, 4) is 22.8 Å². The van der Waals surface area contributed by atoms with Crippen LogP contribution in [0.3, 0.4) is 0 Å². The number of hydrogen-bond donors (Lipinski definition) is 3. The molecule has 36 heavy (non-hydrogen) atoms. The summed E-state index contributed by atoms with van der Waals surface area (Å²) in [6.07, 6.45) is 0. The Kier molecular flexibility index (Phi) is 9.17. The Morgan fingerprint density at radius 2 is 1.78 bits per heavy atom. The molecule has 0 amide bonds. The minimum absolute atomic E-state index is 0.0502. The summed E-state index contributed by atoms with van der Waals surface area (Å²) in [6.45, 7) is 0.460. The minimum atomic E-state index is -4.07. The highest BCUT2D eigenvalue weighted by atomic mass is 32.2. The molecule has 14 heteroatoms.